The first-order valence-corrected chi connectivity index (χ1v) is 6.69. The molecule has 1 unspecified atom stereocenters. The molecule has 2 rings (SSSR count). The lowest BCUT2D eigenvalue weighted by Crippen LogP contribution is -2.41. The van der Waals surface area contributed by atoms with Crippen LogP contribution in [0.3, 0.4) is 0 Å². The molecule has 1 aromatic rings. The van der Waals surface area contributed by atoms with Gasteiger partial charge in [-0.05, 0) is 25.4 Å². The van der Waals surface area contributed by atoms with Gasteiger partial charge in [0.2, 0.25) is 0 Å². The van der Waals surface area contributed by atoms with Crippen molar-refractivity contribution in [3.05, 3.63) is 5.56 Å². The van der Waals surface area contributed by atoms with Gasteiger partial charge in [-0.25, -0.2) is 4.79 Å². The van der Waals surface area contributed by atoms with Gasteiger partial charge in [-0.2, -0.15) is 4.37 Å². The van der Waals surface area contributed by atoms with Gasteiger partial charge in [-0.15, -0.1) is 0 Å². The summed E-state index contributed by atoms with van der Waals surface area (Å²) in [5.74, 6) is -0.162. The Bertz CT molecular complexity index is 435. The van der Waals surface area contributed by atoms with Gasteiger partial charge < -0.3 is 20.1 Å². The molecule has 7 heteroatoms. The van der Waals surface area contributed by atoms with Crippen molar-refractivity contribution in [2.75, 3.05) is 36.9 Å². The third-order valence-corrected chi connectivity index (χ3v) is 3.63. The molecular formula is C11H17N3O3S. The molecule has 0 amide bonds. The number of ether oxygens (including phenoxy) is 2. The Morgan fingerprint density at radius 3 is 3.17 bits per heavy atom. The number of esters is 1. The summed E-state index contributed by atoms with van der Waals surface area (Å²) in [4.78, 5) is 14.0. The Balaban J connectivity index is 2.25. The minimum atomic E-state index is -0.405. The largest absolute Gasteiger partial charge is 0.462 e. The topological polar surface area (TPSA) is 77.7 Å². The Morgan fingerprint density at radius 2 is 2.50 bits per heavy atom. The van der Waals surface area contributed by atoms with Crippen LogP contribution in [0.2, 0.25) is 0 Å². The molecule has 0 bridgehead atoms. The average Bonchev–Trinajstić information content (AvgIpc) is 2.71. The van der Waals surface area contributed by atoms with Gasteiger partial charge in [0.1, 0.15) is 10.6 Å². The van der Waals surface area contributed by atoms with E-state index in [1.165, 1.54) is 11.5 Å². The molecule has 1 atom stereocenters. The van der Waals surface area contributed by atoms with Gasteiger partial charge >= 0.3 is 5.97 Å². The van der Waals surface area contributed by atoms with E-state index in [0.717, 1.165) is 18.1 Å². The number of nitrogens with zero attached hydrogens (tertiary/aromatic N) is 2. The van der Waals surface area contributed by atoms with Gasteiger partial charge in [0, 0.05) is 13.1 Å². The molecule has 1 aliphatic heterocycles. The number of carbonyl (C=O) groups excluding carboxylic acids is 1. The molecule has 0 saturated carbocycles. The highest BCUT2D eigenvalue weighted by molar-refractivity contribution is 7.11. The van der Waals surface area contributed by atoms with E-state index in [1.807, 2.05) is 6.92 Å². The molecule has 1 fully saturated rings. The second kappa shape index (κ2) is 5.53. The minimum Gasteiger partial charge on any atom is -0.462 e. The highest BCUT2D eigenvalue weighted by atomic mass is 32.1. The summed E-state index contributed by atoms with van der Waals surface area (Å²) in [6.45, 7) is 6.20. The van der Waals surface area contributed by atoms with Crippen LogP contribution >= 0.6 is 11.5 Å². The molecule has 0 aliphatic carbocycles. The molecule has 1 saturated heterocycles. The minimum absolute atomic E-state index is 0.136. The normalized spacial score (nSPS) is 19.9. The Hall–Kier alpha value is -1.34. The average molecular weight is 271 g/mol. The van der Waals surface area contributed by atoms with Crippen LogP contribution < -0.4 is 10.6 Å². The van der Waals surface area contributed by atoms with E-state index < -0.39 is 5.97 Å². The monoisotopic (exact) mass is 271 g/mol. The summed E-state index contributed by atoms with van der Waals surface area (Å²) in [5.41, 5.74) is 6.14. The lowest BCUT2D eigenvalue weighted by Gasteiger charge is -2.31. The number of nitrogens with two attached hydrogens (primary N) is 1. The fourth-order valence-electron chi connectivity index (χ4n) is 1.91. The van der Waals surface area contributed by atoms with Crippen LogP contribution in [0.5, 0.6) is 0 Å². The Labute approximate surface area is 110 Å². The molecule has 0 spiro atoms. The summed E-state index contributed by atoms with van der Waals surface area (Å²) in [7, 11) is 0. The number of aromatic nitrogens is 1. The maximum atomic E-state index is 11.9. The Kier molecular flexibility index (Phi) is 4.03. The van der Waals surface area contributed by atoms with Crippen molar-refractivity contribution < 1.29 is 14.3 Å². The maximum Gasteiger partial charge on any atom is 0.345 e. The van der Waals surface area contributed by atoms with Crippen molar-refractivity contribution in [3.63, 3.8) is 0 Å². The van der Waals surface area contributed by atoms with Crippen LogP contribution in [0.25, 0.3) is 0 Å². The van der Waals surface area contributed by atoms with Gasteiger partial charge in [0.05, 0.1) is 19.3 Å². The van der Waals surface area contributed by atoms with Crippen molar-refractivity contribution in [1.82, 2.24) is 4.37 Å². The third kappa shape index (κ3) is 2.56. The molecule has 18 heavy (non-hydrogen) atoms. The first-order valence-electron chi connectivity index (χ1n) is 5.92. The summed E-state index contributed by atoms with van der Waals surface area (Å²) >= 11 is 1.23. The van der Waals surface area contributed by atoms with E-state index in [-0.39, 0.29) is 11.9 Å². The zero-order valence-corrected chi connectivity index (χ0v) is 11.3. The molecule has 0 radical (unpaired) electrons. The van der Waals surface area contributed by atoms with E-state index in [9.17, 15) is 4.79 Å². The predicted molar refractivity (Wildman–Crippen MR) is 70.1 cm³/mol. The van der Waals surface area contributed by atoms with E-state index in [1.54, 1.807) is 6.92 Å². The number of carbonyl (C=O) groups is 1. The van der Waals surface area contributed by atoms with E-state index in [0.29, 0.717) is 18.8 Å². The van der Waals surface area contributed by atoms with Crippen LogP contribution in [0, 0.1) is 0 Å². The highest BCUT2D eigenvalue weighted by Crippen LogP contribution is 2.32. The summed E-state index contributed by atoms with van der Waals surface area (Å²) < 4.78 is 14.6. The van der Waals surface area contributed by atoms with Crippen molar-refractivity contribution in [2.24, 2.45) is 0 Å². The fourth-order valence-corrected chi connectivity index (χ4v) is 2.74. The van der Waals surface area contributed by atoms with Gasteiger partial charge in [0.15, 0.2) is 5.82 Å². The van der Waals surface area contributed by atoms with Crippen LogP contribution in [-0.4, -0.2) is 42.8 Å². The number of anilines is 2. The van der Waals surface area contributed by atoms with Crippen LogP contribution in [-0.2, 0) is 9.47 Å². The second-order valence-electron chi connectivity index (χ2n) is 4.10. The molecule has 100 valence electrons. The molecular weight excluding hydrogens is 254 g/mol. The van der Waals surface area contributed by atoms with Crippen molar-refractivity contribution >= 4 is 28.3 Å². The SMILES string of the molecule is CCOC(=O)c1c(N)nsc1N1CCOC(C)C1. The van der Waals surface area contributed by atoms with Gasteiger partial charge in [-0.3, -0.25) is 0 Å². The lowest BCUT2D eigenvalue weighted by molar-refractivity contribution is 0.0504. The number of rotatable bonds is 3. The van der Waals surface area contributed by atoms with E-state index >= 15 is 0 Å². The van der Waals surface area contributed by atoms with Crippen molar-refractivity contribution in [2.45, 2.75) is 20.0 Å². The summed E-state index contributed by atoms with van der Waals surface area (Å²) in [6, 6.07) is 0. The van der Waals surface area contributed by atoms with Crippen molar-refractivity contribution in [1.29, 1.82) is 0 Å². The number of hydrogen-bond acceptors (Lipinski definition) is 7. The summed E-state index contributed by atoms with van der Waals surface area (Å²) in [5, 5.41) is 0.779. The standard InChI is InChI=1S/C11H17N3O3S/c1-3-16-11(15)8-9(12)13-18-10(8)14-4-5-17-7(2)6-14/h7H,3-6H2,1-2H3,(H2,12,13). The predicted octanol–water partition coefficient (Wildman–Crippen LogP) is 1.13. The maximum absolute atomic E-state index is 11.9. The first-order chi connectivity index (χ1) is 8.63. The molecule has 0 aromatic carbocycles. The van der Waals surface area contributed by atoms with E-state index in [2.05, 4.69) is 9.27 Å². The molecule has 2 N–H and O–H groups in total. The van der Waals surface area contributed by atoms with Gasteiger partial charge in [0.25, 0.3) is 0 Å². The Morgan fingerprint density at radius 1 is 1.72 bits per heavy atom. The van der Waals surface area contributed by atoms with Crippen molar-refractivity contribution in [3.8, 4) is 0 Å². The van der Waals surface area contributed by atoms with Gasteiger partial charge in [-0.1, -0.05) is 0 Å². The molecule has 1 aromatic heterocycles. The highest BCUT2D eigenvalue weighted by Gasteiger charge is 2.27. The van der Waals surface area contributed by atoms with Crippen LogP contribution in [0.1, 0.15) is 24.2 Å². The molecule has 2 heterocycles. The smallest absolute Gasteiger partial charge is 0.345 e. The van der Waals surface area contributed by atoms with E-state index in [4.69, 9.17) is 15.2 Å². The first kappa shape index (κ1) is 13.1. The lowest BCUT2D eigenvalue weighted by atomic mass is 10.2. The molecule has 1 aliphatic rings. The fraction of sp³-hybridized carbons (Fsp3) is 0.636. The number of nitrogen functional groups attached to an aromatic ring is 1. The third-order valence-electron chi connectivity index (χ3n) is 2.71. The molecule has 6 nitrogen and oxygen atoms in total. The zero-order chi connectivity index (χ0) is 13.1. The van der Waals surface area contributed by atoms with Crippen LogP contribution in [0.4, 0.5) is 10.8 Å². The number of morpholine rings is 1. The second-order valence-corrected chi connectivity index (χ2v) is 4.85. The summed E-state index contributed by atoms with van der Waals surface area (Å²) in [6.07, 6.45) is 0.136. The zero-order valence-electron chi connectivity index (χ0n) is 10.5. The van der Waals surface area contributed by atoms with Crippen LogP contribution in [0.15, 0.2) is 0 Å². The number of hydrogen-bond donors (Lipinski definition) is 1. The quantitative estimate of drug-likeness (QED) is 0.830.